The van der Waals surface area contributed by atoms with Gasteiger partial charge in [0, 0.05) is 12.7 Å². The lowest BCUT2D eigenvalue weighted by atomic mass is 10.0. The first-order chi connectivity index (χ1) is 9.45. The van der Waals surface area contributed by atoms with E-state index in [1.165, 1.54) is 29.7 Å². The molecular formula is C15H24N4O. The fraction of sp³-hybridized carbons (Fsp3) is 0.467. The molecule has 0 atom stereocenters. The Morgan fingerprint density at radius 1 is 1.30 bits per heavy atom. The Balaban J connectivity index is 2.82. The Hall–Kier alpha value is -2.04. The second kappa shape index (κ2) is 7.53. The maximum absolute atomic E-state index is 11.8. The smallest absolute Gasteiger partial charge is 0.350 e. The first-order valence-corrected chi connectivity index (χ1v) is 6.92. The molecule has 4 N–H and O–H groups in total. The van der Waals surface area contributed by atoms with Crippen molar-refractivity contribution in [3.05, 3.63) is 29.3 Å². The van der Waals surface area contributed by atoms with Crippen molar-refractivity contribution in [1.29, 1.82) is 0 Å². The largest absolute Gasteiger partial charge is 0.370 e. The standard InChI is InChI=1S/C15H24N4O/c1-4-5-6-7-12-8-9-13(11(2)10-12)19(3)15(20)18-14(16)17/h8-10H,4-7H2,1-3H3,(H4,16,17,18,20). The molecule has 1 rings (SSSR count). The van der Waals surface area contributed by atoms with Crippen LogP contribution in [0.1, 0.15) is 37.3 Å². The summed E-state index contributed by atoms with van der Waals surface area (Å²) in [6.07, 6.45) is 4.72. The van der Waals surface area contributed by atoms with Gasteiger partial charge in [0.05, 0.1) is 0 Å². The first kappa shape index (κ1) is 16.0. The lowest BCUT2D eigenvalue weighted by Crippen LogP contribution is -2.30. The SMILES string of the molecule is CCCCCc1ccc(N(C)C(=O)N=C(N)N)c(C)c1. The highest BCUT2D eigenvalue weighted by molar-refractivity contribution is 5.99. The Kier molecular flexibility index (Phi) is 6.03. The summed E-state index contributed by atoms with van der Waals surface area (Å²) in [6.45, 7) is 4.18. The van der Waals surface area contributed by atoms with E-state index in [2.05, 4.69) is 24.0 Å². The second-order valence-electron chi connectivity index (χ2n) is 4.96. The Morgan fingerprint density at radius 2 is 2.00 bits per heavy atom. The van der Waals surface area contributed by atoms with E-state index in [1.807, 2.05) is 13.0 Å². The van der Waals surface area contributed by atoms with Crippen molar-refractivity contribution in [1.82, 2.24) is 0 Å². The molecule has 0 saturated heterocycles. The fourth-order valence-electron chi connectivity index (χ4n) is 2.12. The van der Waals surface area contributed by atoms with E-state index < -0.39 is 6.03 Å². The maximum atomic E-state index is 11.8. The zero-order chi connectivity index (χ0) is 15.1. The number of nitrogens with zero attached hydrogens (tertiary/aromatic N) is 2. The molecule has 1 aromatic rings. The zero-order valence-electron chi connectivity index (χ0n) is 12.5. The minimum Gasteiger partial charge on any atom is -0.370 e. The summed E-state index contributed by atoms with van der Waals surface area (Å²) in [5.74, 6) is -0.226. The van der Waals surface area contributed by atoms with Gasteiger partial charge in [0.1, 0.15) is 0 Å². The lowest BCUT2D eigenvalue weighted by Gasteiger charge is -2.18. The predicted molar refractivity (Wildman–Crippen MR) is 84.0 cm³/mol. The number of nitrogens with two attached hydrogens (primary N) is 2. The van der Waals surface area contributed by atoms with Crippen LogP contribution in [0.15, 0.2) is 23.2 Å². The van der Waals surface area contributed by atoms with E-state index in [4.69, 9.17) is 11.5 Å². The van der Waals surface area contributed by atoms with Gasteiger partial charge in [-0.2, -0.15) is 4.99 Å². The molecule has 0 fully saturated rings. The average Bonchev–Trinajstić information content (AvgIpc) is 2.37. The molecule has 0 unspecified atom stereocenters. The van der Waals surface area contributed by atoms with Crippen LogP contribution >= 0.6 is 0 Å². The summed E-state index contributed by atoms with van der Waals surface area (Å²) in [6, 6.07) is 5.64. The lowest BCUT2D eigenvalue weighted by molar-refractivity contribution is 0.255. The number of rotatable bonds is 5. The van der Waals surface area contributed by atoms with Gasteiger partial charge in [-0.3, -0.25) is 4.90 Å². The molecule has 0 aliphatic rings. The minimum absolute atomic E-state index is 0.226. The van der Waals surface area contributed by atoms with E-state index in [9.17, 15) is 4.79 Å². The van der Waals surface area contributed by atoms with Gasteiger partial charge in [0.25, 0.3) is 0 Å². The van der Waals surface area contributed by atoms with Crippen molar-refractivity contribution >= 4 is 17.7 Å². The van der Waals surface area contributed by atoms with E-state index >= 15 is 0 Å². The van der Waals surface area contributed by atoms with Gasteiger partial charge in [-0.15, -0.1) is 0 Å². The number of urea groups is 1. The molecule has 110 valence electrons. The van der Waals surface area contributed by atoms with Crippen LogP contribution < -0.4 is 16.4 Å². The van der Waals surface area contributed by atoms with Crippen molar-refractivity contribution in [2.45, 2.75) is 39.5 Å². The Labute approximate surface area is 120 Å². The summed E-state index contributed by atoms with van der Waals surface area (Å²) in [4.78, 5) is 16.8. The number of guanidine groups is 1. The minimum atomic E-state index is -0.466. The molecule has 0 heterocycles. The third kappa shape index (κ3) is 4.57. The van der Waals surface area contributed by atoms with E-state index in [1.54, 1.807) is 7.05 Å². The number of carbonyl (C=O) groups excluding carboxylic acids is 1. The van der Waals surface area contributed by atoms with Gasteiger partial charge in [-0.05, 0) is 37.0 Å². The number of aryl methyl sites for hydroxylation is 2. The fourth-order valence-corrected chi connectivity index (χ4v) is 2.12. The van der Waals surface area contributed by atoms with E-state index in [0.717, 1.165) is 17.7 Å². The summed E-state index contributed by atoms with van der Waals surface area (Å²) in [5.41, 5.74) is 13.6. The molecule has 0 aliphatic heterocycles. The van der Waals surface area contributed by atoms with Crippen LogP contribution in [-0.4, -0.2) is 19.0 Å². The predicted octanol–water partition coefficient (Wildman–Crippen LogP) is 2.56. The van der Waals surface area contributed by atoms with Gasteiger partial charge in [0.15, 0.2) is 5.96 Å². The van der Waals surface area contributed by atoms with Crippen LogP contribution in [0.4, 0.5) is 10.5 Å². The van der Waals surface area contributed by atoms with Gasteiger partial charge >= 0.3 is 6.03 Å². The second-order valence-corrected chi connectivity index (χ2v) is 4.96. The van der Waals surface area contributed by atoms with Gasteiger partial charge in [-0.1, -0.05) is 31.9 Å². The van der Waals surface area contributed by atoms with E-state index in [-0.39, 0.29) is 5.96 Å². The number of anilines is 1. The van der Waals surface area contributed by atoms with Crippen LogP contribution in [0.2, 0.25) is 0 Å². The molecular weight excluding hydrogens is 252 g/mol. The topological polar surface area (TPSA) is 84.7 Å². The van der Waals surface area contributed by atoms with Gasteiger partial charge < -0.3 is 11.5 Å². The van der Waals surface area contributed by atoms with Crippen LogP contribution in [0.5, 0.6) is 0 Å². The highest BCUT2D eigenvalue weighted by atomic mass is 16.2. The number of hydrogen-bond acceptors (Lipinski definition) is 1. The third-order valence-electron chi connectivity index (χ3n) is 3.20. The molecule has 0 spiro atoms. The summed E-state index contributed by atoms with van der Waals surface area (Å²) < 4.78 is 0. The molecule has 20 heavy (non-hydrogen) atoms. The van der Waals surface area contributed by atoms with Crippen molar-refractivity contribution in [2.75, 3.05) is 11.9 Å². The van der Waals surface area contributed by atoms with Gasteiger partial charge in [0.2, 0.25) is 0 Å². The summed E-state index contributed by atoms with van der Waals surface area (Å²) in [5, 5.41) is 0. The highest BCUT2D eigenvalue weighted by Crippen LogP contribution is 2.22. The zero-order valence-corrected chi connectivity index (χ0v) is 12.5. The molecule has 5 heteroatoms. The van der Waals surface area contributed by atoms with Crippen molar-refractivity contribution in [3.8, 4) is 0 Å². The highest BCUT2D eigenvalue weighted by Gasteiger charge is 2.12. The number of benzene rings is 1. The molecule has 5 nitrogen and oxygen atoms in total. The molecule has 0 radical (unpaired) electrons. The van der Waals surface area contributed by atoms with Crippen LogP contribution in [0.25, 0.3) is 0 Å². The average molecular weight is 276 g/mol. The van der Waals surface area contributed by atoms with Crippen LogP contribution in [0, 0.1) is 6.92 Å². The Bertz CT molecular complexity index is 493. The van der Waals surface area contributed by atoms with Gasteiger partial charge in [-0.25, -0.2) is 4.79 Å². The van der Waals surface area contributed by atoms with Crippen molar-refractivity contribution < 1.29 is 4.79 Å². The molecule has 0 aromatic heterocycles. The summed E-state index contributed by atoms with van der Waals surface area (Å²) >= 11 is 0. The number of amides is 2. The van der Waals surface area contributed by atoms with E-state index in [0.29, 0.717) is 0 Å². The third-order valence-corrected chi connectivity index (χ3v) is 3.20. The number of unbranched alkanes of at least 4 members (excludes halogenated alkanes) is 2. The quantitative estimate of drug-likeness (QED) is 0.492. The van der Waals surface area contributed by atoms with Crippen molar-refractivity contribution in [2.24, 2.45) is 16.5 Å². The summed E-state index contributed by atoms with van der Waals surface area (Å²) in [7, 11) is 1.66. The Morgan fingerprint density at radius 3 is 2.55 bits per heavy atom. The van der Waals surface area contributed by atoms with Crippen molar-refractivity contribution in [3.63, 3.8) is 0 Å². The molecule has 0 bridgehead atoms. The van der Waals surface area contributed by atoms with Crippen LogP contribution in [-0.2, 0) is 6.42 Å². The maximum Gasteiger partial charge on any atom is 0.350 e. The monoisotopic (exact) mass is 276 g/mol. The molecule has 0 aliphatic carbocycles. The number of hydrogen-bond donors (Lipinski definition) is 2. The molecule has 1 aromatic carbocycles. The first-order valence-electron chi connectivity index (χ1n) is 6.92. The number of carbonyl (C=O) groups is 1. The van der Waals surface area contributed by atoms with Crippen LogP contribution in [0.3, 0.4) is 0 Å². The number of aliphatic imine (C=N–C) groups is 1. The normalized spacial score (nSPS) is 10.2. The molecule has 0 saturated carbocycles. The molecule has 2 amide bonds.